The second-order valence-corrected chi connectivity index (χ2v) is 8.38. The predicted octanol–water partition coefficient (Wildman–Crippen LogP) is 2.41. The van der Waals surface area contributed by atoms with Crippen molar-refractivity contribution in [3.8, 4) is 0 Å². The summed E-state index contributed by atoms with van der Waals surface area (Å²) in [4.78, 5) is 0. The third kappa shape index (κ3) is 5.34. The number of nitrogens with one attached hydrogen (secondary N) is 2. The van der Waals surface area contributed by atoms with Crippen LogP contribution >= 0.6 is 0 Å². The summed E-state index contributed by atoms with van der Waals surface area (Å²) in [6, 6.07) is 0.577. The molecular weight excluding hydrogens is 272 g/mol. The molecule has 1 saturated carbocycles. The molecule has 118 valence electrons. The largest absolute Gasteiger partial charge is 0.314 e. The van der Waals surface area contributed by atoms with E-state index in [0.29, 0.717) is 12.0 Å². The van der Waals surface area contributed by atoms with Crippen LogP contribution < -0.4 is 10.0 Å². The summed E-state index contributed by atoms with van der Waals surface area (Å²) >= 11 is 0. The monoisotopic (exact) mass is 302 g/mol. The Morgan fingerprint density at radius 2 is 2.00 bits per heavy atom. The zero-order chi connectivity index (χ0) is 14.4. The van der Waals surface area contributed by atoms with Gasteiger partial charge in [-0.2, -0.15) is 0 Å². The van der Waals surface area contributed by atoms with Gasteiger partial charge in [0.15, 0.2) is 0 Å². The van der Waals surface area contributed by atoms with E-state index in [0.717, 1.165) is 38.6 Å². The van der Waals surface area contributed by atoms with Crippen molar-refractivity contribution in [3.63, 3.8) is 0 Å². The molecule has 0 aromatic carbocycles. The molecule has 0 spiro atoms. The lowest BCUT2D eigenvalue weighted by Gasteiger charge is -2.29. The quantitative estimate of drug-likeness (QED) is 0.792. The average Bonchev–Trinajstić information content (AvgIpc) is 2.46. The average molecular weight is 302 g/mol. The molecule has 0 aromatic rings. The normalized spacial score (nSPS) is 32.1. The fourth-order valence-electron chi connectivity index (χ4n) is 3.55. The van der Waals surface area contributed by atoms with Gasteiger partial charge in [-0.1, -0.05) is 32.6 Å². The van der Waals surface area contributed by atoms with Gasteiger partial charge in [-0.15, -0.1) is 0 Å². The first-order valence-electron chi connectivity index (χ1n) is 8.32. The maximum absolute atomic E-state index is 12.2. The first-order chi connectivity index (χ1) is 9.59. The van der Waals surface area contributed by atoms with Crippen molar-refractivity contribution < 1.29 is 8.42 Å². The van der Waals surface area contributed by atoms with E-state index >= 15 is 0 Å². The lowest BCUT2D eigenvalue weighted by Crippen LogP contribution is -2.41. The fraction of sp³-hybridized carbons (Fsp3) is 1.00. The Bertz CT molecular complexity index is 377. The van der Waals surface area contributed by atoms with Crippen LogP contribution in [0.1, 0.15) is 64.7 Å². The van der Waals surface area contributed by atoms with Crippen molar-refractivity contribution in [2.45, 2.75) is 76.8 Å². The van der Waals surface area contributed by atoms with Gasteiger partial charge in [0.25, 0.3) is 0 Å². The highest BCUT2D eigenvalue weighted by Gasteiger charge is 2.25. The molecule has 2 rings (SSSR count). The SMILES string of the molecule is CCC1CCCC(NS(=O)(=O)CCC2CCCCN2)C1. The molecule has 1 heterocycles. The summed E-state index contributed by atoms with van der Waals surface area (Å²) in [5.74, 6) is 0.981. The van der Waals surface area contributed by atoms with Gasteiger partial charge in [-0.05, 0) is 44.6 Å². The molecule has 1 aliphatic heterocycles. The Morgan fingerprint density at radius 1 is 1.15 bits per heavy atom. The van der Waals surface area contributed by atoms with Crippen molar-refractivity contribution in [2.24, 2.45) is 5.92 Å². The molecule has 2 N–H and O–H groups in total. The summed E-state index contributed by atoms with van der Waals surface area (Å²) in [6.45, 7) is 3.25. The van der Waals surface area contributed by atoms with Crippen LogP contribution in [0.15, 0.2) is 0 Å². The summed E-state index contributed by atoms with van der Waals surface area (Å²) in [6.07, 6.45) is 9.96. The molecule has 20 heavy (non-hydrogen) atoms. The minimum Gasteiger partial charge on any atom is -0.314 e. The minimum absolute atomic E-state index is 0.179. The molecule has 2 fully saturated rings. The smallest absolute Gasteiger partial charge is 0.211 e. The number of sulfonamides is 1. The van der Waals surface area contributed by atoms with E-state index < -0.39 is 10.0 Å². The van der Waals surface area contributed by atoms with Crippen molar-refractivity contribution in [2.75, 3.05) is 12.3 Å². The third-order valence-corrected chi connectivity index (χ3v) is 6.32. The standard InChI is InChI=1S/C15H30N2O2S/c1-2-13-6-5-8-15(12-13)17-20(18,19)11-9-14-7-3-4-10-16-14/h13-17H,2-12H2,1H3. The van der Waals surface area contributed by atoms with Gasteiger partial charge in [0.1, 0.15) is 0 Å². The molecule has 0 bridgehead atoms. The van der Waals surface area contributed by atoms with Crippen LogP contribution in [-0.2, 0) is 10.0 Å². The Labute approximate surface area is 124 Å². The van der Waals surface area contributed by atoms with E-state index in [1.54, 1.807) is 0 Å². The van der Waals surface area contributed by atoms with E-state index in [1.165, 1.54) is 25.7 Å². The number of rotatable bonds is 6. The minimum atomic E-state index is -3.10. The molecule has 2 aliphatic rings. The van der Waals surface area contributed by atoms with Gasteiger partial charge in [0.05, 0.1) is 5.75 Å². The number of piperidine rings is 1. The van der Waals surface area contributed by atoms with Crippen molar-refractivity contribution in [3.05, 3.63) is 0 Å². The number of hydrogen-bond acceptors (Lipinski definition) is 3. The molecule has 3 atom stereocenters. The maximum atomic E-state index is 12.2. The summed E-state index contributed by atoms with van der Waals surface area (Å²) in [5.41, 5.74) is 0. The zero-order valence-electron chi connectivity index (χ0n) is 12.7. The third-order valence-electron chi connectivity index (χ3n) is 4.85. The van der Waals surface area contributed by atoms with Crippen LogP contribution in [0.4, 0.5) is 0 Å². The van der Waals surface area contributed by atoms with Gasteiger partial charge in [-0.3, -0.25) is 0 Å². The van der Waals surface area contributed by atoms with Gasteiger partial charge < -0.3 is 5.32 Å². The van der Waals surface area contributed by atoms with Crippen molar-refractivity contribution in [1.82, 2.24) is 10.0 Å². The fourth-order valence-corrected chi connectivity index (χ4v) is 4.98. The lowest BCUT2D eigenvalue weighted by molar-refractivity contribution is 0.301. The van der Waals surface area contributed by atoms with E-state index in [1.807, 2.05) is 0 Å². The Kier molecular flexibility index (Phi) is 6.30. The van der Waals surface area contributed by atoms with Gasteiger partial charge in [0.2, 0.25) is 10.0 Å². The first-order valence-corrected chi connectivity index (χ1v) is 9.97. The molecular formula is C15H30N2O2S. The first kappa shape index (κ1) is 16.2. The van der Waals surface area contributed by atoms with Crippen LogP contribution in [0, 0.1) is 5.92 Å². The van der Waals surface area contributed by atoms with E-state index in [2.05, 4.69) is 17.0 Å². The lowest BCUT2D eigenvalue weighted by atomic mass is 9.85. The Morgan fingerprint density at radius 3 is 2.70 bits per heavy atom. The van der Waals surface area contributed by atoms with E-state index in [9.17, 15) is 8.42 Å². The zero-order valence-corrected chi connectivity index (χ0v) is 13.6. The molecule has 3 unspecified atom stereocenters. The van der Waals surface area contributed by atoms with E-state index in [-0.39, 0.29) is 11.8 Å². The van der Waals surface area contributed by atoms with Crippen LogP contribution in [0.5, 0.6) is 0 Å². The summed E-state index contributed by atoms with van der Waals surface area (Å²) in [5, 5.41) is 3.42. The second kappa shape index (κ2) is 7.76. The molecule has 0 amide bonds. The highest BCUT2D eigenvalue weighted by Crippen LogP contribution is 2.27. The maximum Gasteiger partial charge on any atom is 0.211 e. The van der Waals surface area contributed by atoms with Crippen LogP contribution in [-0.4, -0.2) is 32.8 Å². The Hall–Kier alpha value is -0.130. The second-order valence-electron chi connectivity index (χ2n) is 6.51. The van der Waals surface area contributed by atoms with Crippen LogP contribution in [0.3, 0.4) is 0 Å². The highest BCUT2D eigenvalue weighted by atomic mass is 32.2. The van der Waals surface area contributed by atoms with Gasteiger partial charge >= 0.3 is 0 Å². The molecule has 1 saturated heterocycles. The molecule has 0 aromatic heterocycles. The molecule has 0 radical (unpaired) electrons. The van der Waals surface area contributed by atoms with Crippen molar-refractivity contribution in [1.29, 1.82) is 0 Å². The van der Waals surface area contributed by atoms with Gasteiger partial charge in [0, 0.05) is 12.1 Å². The Balaban J connectivity index is 1.75. The summed E-state index contributed by atoms with van der Waals surface area (Å²) < 4.78 is 27.3. The predicted molar refractivity (Wildman–Crippen MR) is 83.2 cm³/mol. The molecule has 4 nitrogen and oxygen atoms in total. The summed E-state index contributed by atoms with van der Waals surface area (Å²) in [7, 11) is -3.10. The van der Waals surface area contributed by atoms with Crippen molar-refractivity contribution >= 4 is 10.0 Å². The molecule has 1 aliphatic carbocycles. The number of hydrogen-bond donors (Lipinski definition) is 2. The molecule has 5 heteroatoms. The van der Waals surface area contributed by atoms with Gasteiger partial charge in [-0.25, -0.2) is 13.1 Å². The van der Waals surface area contributed by atoms with Crippen LogP contribution in [0.25, 0.3) is 0 Å². The van der Waals surface area contributed by atoms with E-state index in [4.69, 9.17) is 0 Å². The topological polar surface area (TPSA) is 58.2 Å². The highest BCUT2D eigenvalue weighted by molar-refractivity contribution is 7.89. The van der Waals surface area contributed by atoms with Crippen LogP contribution in [0.2, 0.25) is 0 Å².